The summed E-state index contributed by atoms with van der Waals surface area (Å²) in [7, 11) is 3.81. The first kappa shape index (κ1) is 23.8. The normalized spacial score (nSPS) is 12.8. The average Bonchev–Trinajstić information content (AvgIpc) is 3.27. The van der Waals surface area contributed by atoms with Crippen LogP contribution in [0.4, 0.5) is 19.0 Å². The Hall–Kier alpha value is -3.36. The van der Waals surface area contributed by atoms with Gasteiger partial charge in [0.25, 0.3) is 0 Å². The molecule has 0 saturated carbocycles. The molecule has 0 unspecified atom stereocenters. The Kier molecular flexibility index (Phi) is 6.63. The number of nitrogens with zero attached hydrogens (tertiary/aromatic N) is 4. The molecule has 0 amide bonds. The molecule has 4 aromatic rings. The Balaban J connectivity index is 1.74. The molecule has 0 saturated heterocycles. The van der Waals surface area contributed by atoms with Gasteiger partial charge < -0.3 is 10.6 Å². The molecule has 176 valence electrons. The highest BCUT2D eigenvalue weighted by atomic mass is 35.5. The molecule has 0 aliphatic heterocycles. The van der Waals surface area contributed by atoms with Crippen molar-refractivity contribution in [2.45, 2.75) is 12.2 Å². The van der Waals surface area contributed by atoms with Crippen LogP contribution in [-0.4, -0.2) is 40.3 Å². The lowest BCUT2D eigenvalue weighted by atomic mass is 9.97. The van der Waals surface area contributed by atoms with Gasteiger partial charge in [-0.3, -0.25) is 4.68 Å². The van der Waals surface area contributed by atoms with Gasteiger partial charge in [0.05, 0.1) is 17.8 Å². The largest absolute Gasteiger partial charge is 0.416 e. The van der Waals surface area contributed by atoms with Gasteiger partial charge >= 0.3 is 6.18 Å². The summed E-state index contributed by atoms with van der Waals surface area (Å²) in [5.74, 6) is 0.375. The SMILES string of the molecule is CN(C)C[C@H](c1ccc(C(F)(F)F)cc1)n1cc(-c2ccnc(N)c2-c2ccc(Cl)cc2)cn1. The van der Waals surface area contributed by atoms with E-state index in [0.717, 1.165) is 39.9 Å². The Labute approximate surface area is 200 Å². The van der Waals surface area contributed by atoms with E-state index in [2.05, 4.69) is 10.1 Å². The zero-order chi connectivity index (χ0) is 24.5. The molecule has 4 rings (SSSR count). The summed E-state index contributed by atoms with van der Waals surface area (Å²) in [5, 5.41) is 5.17. The van der Waals surface area contributed by atoms with E-state index < -0.39 is 11.7 Å². The summed E-state index contributed by atoms with van der Waals surface area (Å²) in [6, 6.07) is 14.1. The molecule has 5 nitrogen and oxygen atoms in total. The minimum absolute atomic E-state index is 0.288. The van der Waals surface area contributed by atoms with Crippen LogP contribution in [0.5, 0.6) is 0 Å². The second-order valence-electron chi connectivity index (χ2n) is 8.23. The summed E-state index contributed by atoms with van der Waals surface area (Å²) < 4.78 is 40.9. The summed E-state index contributed by atoms with van der Waals surface area (Å²) in [5.41, 5.74) is 9.56. The van der Waals surface area contributed by atoms with Crippen LogP contribution in [0, 0.1) is 0 Å². The zero-order valence-corrected chi connectivity index (χ0v) is 19.3. The van der Waals surface area contributed by atoms with Gasteiger partial charge in [0.2, 0.25) is 0 Å². The predicted molar refractivity (Wildman–Crippen MR) is 128 cm³/mol. The third kappa shape index (κ3) is 5.08. The Morgan fingerprint density at radius 1 is 1.00 bits per heavy atom. The van der Waals surface area contributed by atoms with Gasteiger partial charge in [-0.15, -0.1) is 0 Å². The molecule has 2 N–H and O–H groups in total. The summed E-state index contributed by atoms with van der Waals surface area (Å²) >= 11 is 6.04. The maximum absolute atomic E-state index is 13.0. The maximum Gasteiger partial charge on any atom is 0.416 e. The second-order valence-corrected chi connectivity index (χ2v) is 8.67. The van der Waals surface area contributed by atoms with Crippen molar-refractivity contribution in [1.29, 1.82) is 0 Å². The number of hydrogen-bond acceptors (Lipinski definition) is 4. The number of nitrogen functional groups attached to an aromatic ring is 1. The van der Waals surface area contributed by atoms with Crippen LogP contribution < -0.4 is 5.73 Å². The lowest BCUT2D eigenvalue weighted by Gasteiger charge is -2.22. The first-order valence-corrected chi connectivity index (χ1v) is 10.9. The Morgan fingerprint density at radius 3 is 2.29 bits per heavy atom. The number of pyridine rings is 1. The van der Waals surface area contributed by atoms with Crippen LogP contribution in [0.15, 0.2) is 73.2 Å². The molecule has 2 aromatic heterocycles. The van der Waals surface area contributed by atoms with E-state index in [0.29, 0.717) is 17.4 Å². The van der Waals surface area contributed by atoms with E-state index >= 15 is 0 Å². The second kappa shape index (κ2) is 9.48. The van der Waals surface area contributed by atoms with Crippen LogP contribution in [0.1, 0.15) is 17.2 Å². The number of nitrogens with two attached hydrogens (primary N) is 1. The van der Waals surface area contributed by atoms with Gasteiger partial charge in [-0.05, 0) is 61.1 Å². The topological polar surface area (TPSA) is 60.0 Å². The number of anilines is 1. The third-order valence-electron chi connectivity index (χ3n) is 5.51. The molecule has 2 aromatic carbocycles. The van der Waals surface area contributed by atoms with Crippen molar-refractivity contribution in [1.82, 2.24) is 19.7 Å². The standard InChI is InChI=1S/C25H23ClF3N5/c1-33(2)15-22(16-3-7-19(8-4-16)25(27,28)29)34-14-18(13-32-34)21-11-12-31-24(30)23(21)17-5-9-20(26)10-6-17/h3-14,22H,15H2,1-2H3,(H2,30,31)/t22-/m1/s1. The van der Waals surface area contributed by atoms with Crippen LogP contribution in [0.2, 0.25) is 5.02 Å². The summed E-state index contributed by atoms with van der Waals surface area (Å²) in [4.78, 5) is 6.21. The van der Waals surface area contributed by atoms with E-state index in [1.165, 1.54) is 12.1 Å². The van der Waals surface area contributed by atoms with Crippen LogP contribution in [-0.2, 0) is 6.18 Å². The highest BCUT2D eigenvalue weighted by Gasteiger charge is 2.30. The van der Waals surface area contributed by atoms with Crippen molar-refractivity contribution < 1.29 is 13.2 Å². The van der Waals surface area contributed by atoms with Crippen molar-refractivity contribution in [3.05, 3.63) is 89.3 Å². The molecule has 34 heavy (non-hydrogen) atoms. The molecular formula is C25H23ClF3N5. The van der Waals surface area contributed by atoms with E-state index in [1.54, 1.807) is 29.2 Å². The molecule has 0 aliphatic rings. The minimum atomic E-state index is -4.38. The van der Waals surface area contributed by atoms with Gasteiger partial charge in [0, 0.05) is 35.1 Å². The first-order valence-electron chi connectivity index (χ1n) is 10.5. The number of alkyl halides is 3. The molecule has 9 heteroatoms. The number of halogens is 4. The van der Waals surface area contributed by atoms with Gasteiger partial charge in [-0.25, -0.2) is 4.98 Å². The Bertz CT molecular complexity index is 1270. The molecule has 0 spiro atoms. The lowest BCUT2D eigenvalue weighted by molar-refractivity contribution is -0.137. The van der Waals surface area contributed by atoms with E-state index in [9.17, 15) is 13.2 Å². The zero-order valence-electron chi connectivity index (χ0n) is 18.6. The van der Waals surface area contributed by atoms with Crippen molar-refractivity contribution in [2.24, 2.45) is 0 Å². The minimum Gasteiger partial charge on any atom is -0.383 e. The lowest BCUT2D eigenvalue weighted by Crippen LogP contribution is -2.26. The molecule has 0 radical (unpaired) electrons. The average molecular weight is 486 g/mol. The van der Waals surface area contributed by atoms with Crippen molar-refractivity contribution in [2.75, 3.05) is 26.4 Å². The number of benzene rings is 2. The highest BCUT2D eigenvalue weighted by molar-refractivity contribution is 6.30. The van der Waals surface area contributed by atoms with Gasteiger partial charge in [-0.2, -0.15) is 18.3 Å². The maximum atomic E-state index is 13.0. The predicted octanol–water partition coefficient (Wildman–Crippen LogP) is 6.02. The van der Waals surface area contributed by atoms with Crippen LogP contribution >= 0.6 is 11.6 Å². The van der Waals surface area contributed by atoms with E-state index in [-0.39, 0.29) is 6.04 Å². The molecule has 2 heterocycles. The first-order chi connectivity index (χ1) is 16.1. The number of rotatable bonds is 6. The fourth-order valence-corrected chi connectivity index (χ4v) is 3.99. The van der Waals surface area contributed by atoms with E-state index in [1.807, 2.05) is 43.4 Å². The molecule has 1 atom stereocenters. The molecule has 0 aliphatic carbocycles. The monoisotopic (exact) mass is 485 g/mol. The van der Waals surface area contributed by atoms with Gasteiger partial charge in [-0.1, -0.05) is 35.9 Å². The number of likely N-dealkylation sites (N-methyl/N-ethyl adjacent to an activating group) is 1. The highest BCUT2D eigenvalue weighted by Crippen LogP contribution is 2.36. The fraction of sp³-hybridized carbons (Fsp3) is 0.200. The number of hydrogen-bond donors (Lipinski definition) is 1. The third-order valence-corrected chi connectivity index (χ3v) is 5.76. The van der Waals surface area contributed by atoms with Crippen molar-refractivity contribution >= 4 is 17.4 Å². The van der Waals surface area contributed by atoms with Gasteiger partial charge in [0.1, 0.15) is 5.82 Å². The summed E-state index contributed by atoms with van der Waals surface area (Å²) in [6.07, 6.45) is 0.851. The van der Waals surface area contributed by atoms with Crippen LogP contribution in [0.3, 0.4) is 0 Å². The molecule has 0 bridgehead atoms. The molecular weight excluding hydrogens is 463 g/mol. The number of aromatic nitrogens is 3. The molecule has 0 fully saturated rings. The van der Waals surface area contributed by atoms with Crippen molar-refractivity contribution in [3.63, 3.8) is 0 Å². The van der Waals surface area contributed by atoms with Crippen LogP contribution in [0.25, 0.3) is 22.3 Å². The summed E-state index contributed by atoms with van der Waals surface area (Å²) in [6.45, 7) is 0.551. The smallest absolute Gasteiger partial charge is 0.383 e. The quantitative estimate of drug-likeness (QED) is 0.363. The van der Waals surface area contributed by atoms with Gasteiger partial charge in [0.15, 0.2) is 0 Å². The van der Waals surface area contributed by atoms with E-state index in [4.69, 9.17) is 17.3 Å². The van der Waals surface area contributed by atoms with Crippen molar-refractivity contribution in [3.8, 4) is 22.3 Å². The Morgan fingerprint density at radius 2 is 1.68 bits per heavy atom. The fourth-order valence-electron chi connectivity index (χ4n) is 3.87.